The summed E-state index contributed by atoms with van der Waals surface area (Å²) >= 11 is 0. The second-order valence-corrected chi connectivity index (χ2v) is 11.6. The van der Waals surface area contributed by atoms with E-state index in [0.717, 1.165) is 83.0 Å². The number of rotatable bonds is 4. The first-order valence-corrected chi connectivity index (χ1v) is 15.3. The maximum absolute atomic E-state index is 6.53. The van der Waals surface area contributed by atoms with Gasteiger partial charge >= 0.3 is 0 Å². The lowest BCUT2D eigenvalue weighted by Gasteiger charge is -2.26. The van der Waals surface area contributed by atoms with E-state index in [1.54, 1.807) is 0 Å². The van der Waals surface area contributed by atoms with Gasteiger partial charge in [-0.3, -0.25) is 0 Å². The van der Waals surface area contributed by atoms with Crippen LogP contribution in [0.4, 0.5) is 17.1 Å². The molecule has 46 heavy (non-hydrogen) atoms. The van der Waals surface area contributed by atoms with Crippen molar-refractivity contribution in [2.45, 2.75) is 0 Å². The molecule has 7 aromatic carbocycles. The molecule has 0 fully saturated rings. The Morgan fingerprint density at radius 2 is 1.07 bits per heavy atom. The zero-order valence-corrected chi connectivity index (χ0v) is 24.5. The van der Waals surface area contributed by atoms with Gasteiger partial charge < -0.3 is 18.2 Å². The predicted molar refractivity (Wildman–Crippen MR) is 186 cm³/mol. The Kier molecular flexibility index (Phi) is 5.22. The molecule has 0 aliphatic rings. The lowest BCUT2D eigenvalue weighted by molar-refractivity contribution is 0.620. The fourth-order valence-electron chi connectivity index (χ4n) is 6.80. The second kappa shape index (κ2) is 9.58. The summed E-state index contributed by atoms with van der Waals surface area (Å²) in [7, 11) is 0. The van der Waals surface area contributed by atoms with Gasteiger partial charge in [0.2, 0.25) is 5.89 Å². The Morgan fingerprint density at radius 3 is 1.93 bits per heavy atom. The molecule has 0 N–H and O–H groups in total. The molecule has 3 aromatic heterocycles. The third-order valence-electron chi connectivity index (χ3n) is 8.89. The van der Waals surface area contributed by atoms with Gasteiger partial charge in [-0.1, -0.05) is 72.8 Å². The molecule has 0 saturated heterocycles. The number of furan rings is 2. The Labute approximate surface area is 262 Å². The summed E-state index contributed by atoms with van der Waals surface area (Å²) in [6, 6.07) is 49.8. The van der Waals surface area contributed by atoms with E-state index in [4.69, 9.17) is 18.2 Å². The van der Waals surface area contributed by atoms with E-state index in [1.807, 2.05) is 60.7 Å². The number of anilines is 3. The van der Waals surface area contributed by atoms with Crippen LogP contribution in [0.1, 0.15) is 0 Å². The smallest absolute Gasteiger partial charge is 0.228 e. The molecular formula is C41H24N2O3. The van der Waals surface area contributed by atoms with Crippen molar-refractivity contribution in [3.8, 4) is 11.5 Å². The van der Waals surface area contributed by atoms with Gasteiger partial charge in [0.05, 0.1) is 5.69 Å². The topological polar surface area (TPSA) is 55.6 Å². The van der Waals surface area contributed by atoms with E-state index in [2.05, 4.69) is 89.8 Å². The molecule has 216 valence electrons. The first kappa shape index (κ1) is 25.0. The lowest BCUT2D eigenvalue weighted by atomic mass is 10.0. The van der Waals surface area contributed by atoms with Crippen LogP contribution in [0.5, 0.6) is 0 Å². The molecule has 0 aliphatic heterocycles. The average molecular weight is 593 g/mol. The average Bonchev–Trinajstić information content (AvgIpc) is 3.81. The lowest BCUT2D eigenvalue weighted by Crippen LogP contribution is -2.10. The Bertz CT molecular complexity index is 2750. The molecule has 10 aromatic rings. The van der Waals surface area contributed by atoms with Crippen molar-refractivity contribution in [1.82, 2.24) is 4.98 Å². The van der Waals surface area contributed by atoms with Crippen LogP contribution in [0.2, 0.25) is 0 Å². The van der Waals surface area contributed by atoms with Gasteiger partial charge in [0.15, 0.2) is 5.58 Å². The van der Waals surface area contributed by atoms with Crippen LogP contribution in [0, 0.1) is 0 Å². The van der Waals surface area contributed by atoms with Crippen LogP contribution >= 0.6 is 0 Å². The van der Waals surface area contributed by atoms with Crippen molar-refractivity contribution in [3.05, 3.63) is 146 Å². The molecule has 10 rings (SSSR count). The highest BCUT2D eigenvalue weighted by Crippen LogP contribution is 2.44. The first-order valence-electron chi connectivity index (χ1n) is 15.3. The first-order chi connectivity index (χ1) is 22.8. The predicted octanol–water partition coefficient (Wildman–Crippen LogP) is 11.9. The van der Waals surface area contributed by atoms with Gasteiger partial charge in [0.25, 0.3) is 0 Å². The highest BCUT2D eigenvalue weighted by Gasteiger charge is 2.21. The monoisotopic (exact) mass is 592 g/mol. The third kappa shape index (κ3) is 3.72. The molecule has 5 nitrogen and oxygen atoms in total. The van der Waals surface area contributed by atoms with Crippen molar-refractivity contribution in [3.63, 3.8) is 0 Å². The minimum absolute atomic E-state index is 0.579. The van der Waals surface area contributed by atoms with Crippen molar-refractivity contribution < 1.29 is 13.3 Å². The summed E-state index contributed by atoms with van der Waals surface area (Å²) in [5.74, 6) is 0.579. The van der Waals surface area contributed by atoms with E-state index in [1.165, 1.54) is 5.39 Å². The summed E-state index contributed by atoms with van der Waals surface area (Å²) in [6.07, 6.45) is 0. The zero-order chi connectivity index (χ0) is 30.2. The third-order valence-corrected chi connectivity index (χ3v) is 8.89. The van der Waals surface area contributed by atoms with Crippen LogP contribution in [0.15, 0.2) is 159 Å². The largest absolute Gasteiger partial charge is 0.456 e. The maximum Gasteiger partial charge on any atom is 0.228 e. The minimum atomic E-state index is 0.579. The van der Waals surface area contributed by atoms with Crippen LogP contribution < -0.4 is 4.90 Å². The molecule has 0 unspecified atom stereocenters. The van der Waals surface area contributed by atoms with E-state index in [-0.39, 0.29) is 0 Å². The zero-order valence-electron chi connectivity index (χ0n) is 24.5. The van der Waals surface area contributed by atoms with E-state index in [9.17, 15) is 0 Å². The summed E-state index contributed by atoms with van der Waals surface area (Å²) in [5, 5.41) is 6.51. The standard InChI is InChI=1S/C41H24N2O3/c1-2-11-28-25(9-1)10-7-15-34(28)43(26-19-21-30-29-12-3-5-16-35(29)44-38(30)23-26)27-20-22-31-39(24-27)45-37-18-8-13-32(40(31)37)41-42-33-14-4-6-17-36(33)46-41/h1-24H. The summed E-state index contributed by atoms with van der Waals surface area (Å²) in [6.45, 7) is 0. The number of fused-ring (bicyclic) bond motifs is 8. The molecule has 0 aliphatic carbocycles. The number of aromatic nitrogens is 1. The molecule has 5 heteroatoms. The number of nitrogens with zero attached hydrogens (tertiary/aromatic N) is 2. The van der Waals surface area contributed by atoms with E-state index >= 15 is 0 Å². The molecule has 0 amide bonds. The van der Waals surface area contributed by atoms with Crippen molar-refractivity contribution in [2.75, 3.05) is 4.90 Å². The van der Waals surface area contributed by atoms with Crippen LogP contribution in [-0.2, 0) is 0 Å². The Morgan fingerprint density at radius 1 is 0.435 bits per heavy atom. The Balaban J connectivity index is 1.19. The summed E-state index contributed by atoms with van der Waals surface area (Å²) in [4.78, 5) is 7.07. The van der Waals surface area contributed by atoms with Gasteiger partial charge in [0, 0.05) is 56.0 Å². The fourth-order valence-corrected chi connectivity index (χ4v) is 6.80. The van der Waals surface area contributed by atoms with Crippen molar-refractivity contribution in [1.29, 1.82) is 0 Å². The summed E-state index contributed by atoms with van der Waals surface area (Å²) in [5.41, 5.74) is 8.82. The minimum Gasteiger partial charge on any atom is -0.456 e. The maximum atomic E-state index is 6.53. The van der Waals surface area contributed by atoms with Gasteiger partial charge in [-0.25, -0.2) is 4.98 Å². The Hall–Kier alpha value is -6.33. The van der Waals surface area contributed by atoms with Gasteiger partial charge in [-0.05, 0) is 66.0 Å². The highest BCUT2D eigenvalue weighted by molar-refractivity contribution is 6.13. The fraction of sp³-hybridized carbons (Fsp3) is 0. The van der Waals surface area contributed by atoms with Crippen LogP contribution in [-0.4, -0.2) is 4.98 Å². The molecule has 0 spiro atoms. The van der Waals surface area contributed by atoms with Crippen molar-refractivity contribution in [2.24, 2.45) is 0 Å². The van der Waals surface area contributed by atoms with Gasteiger partial charge in [-0.15, -0.1) is 0 Å². The van der Waals surface area contributed by atoms with E-state index in [0.29, 0.717) is 5.89 Å². The highest BCUT2D eigenvalue weighted by atomic mass is 16.4. The van der Waals surface area contributed by atoms with E-state index < -0.39 is 0 Å². The molecule has 3 heterocycles. The molecule has 0 atom stereocenters. The van der Waals surface area contributed by atoms with Crippen LogP contribution in [0.25, 0.3) is 77.2 Å². The molecule has 0 bridgehead atoms. The van der Waals surface area contributed by atoms with Gasteiger partial charge in [0.1, 0.15) is 27.8 Å². The summed E-state index contributed by atoms with van der Waals surface area (Å²) < 4.78 is 19.0. The molecule has 0 radical (unpaired) electrons. The van der Waals surface area contributed by atoms with Crippen molar-refractivity contribution >= 4 is 82.8 Å². The molecule has 0 saturated carbocycles. The molecular weight excluding hydrogens is 568 g/mol. The number of hydrogen-bond donors (Lipinski definition) is 0. The van der Waals surface area contributed by atoms with Crippen LogP contribution in [0.3, 0.4) is 0 Å². The second-order valence-electron chi connectivity index (χ2n) is 11.6. The number of benzene rings is 7. The van der Waals surface area contributed by atoms with Gasteiger partial charge in [-0.2, -0.15) is 0 Å². The number of hydrogen-bond acceptors (Lipinski definition) is 5. The number of oxazole rings is 1. The normalized spacial score (nSPS) is 11.9. The number of para-hydroxylation sites is 3. The quantitative estimate of drug-likeness (QED) is 0.203. The SMILES string of the molecule is c1ccc2c(N(c3ccc4c(c3)oc3ccccc34)c3ccc4c(c3)oc3cccc(-c5nc6ccccc6o5)c34)cccc2c1.